The van der Waals surface area contributed by atoms with Gasteiger partial charge in [-0.25, -0.2) is 18.4 Å². The van der Waals surface area contributed by atoms with Crippen LogP contribution in [0.5, 0.6) is 11.5 Å². The molecule has 3 aliphatic carbocycles. The summed E-state index contributed by atoms with van der Waals surface area (Å²) in [7, 11) is -0.782. The third-order valence-electron chi connectivity index (χ3n) is 11.6. The molecular formula is C38H44F3N5O7S2. The van der Waals surface area contributed by atoms with Crippen molar-refractivity contribution < 1.29 is 45.4 Å². The van der Waals surface area contributed by atoms with E-state index in [0.29, 0.717) is 60.2 Å². The molecule has 4 aliphatic rings. The number of halogens is 3. The van der Waals surface area contributed by atoms with Crippen LogP contribution in [0.2, 0.25) is 0 Å². The molecule has 55 heavy (non-hydrogen) atoms. The minimum absolute atomic E-state index is 0.0401. The number of aryl methyl sites for hydroxylation is 1. The summed E-state index contributed by atoms with van der Waals surface area (Å²) in [4.78, 5) is 52.3. The molecular weight excluding hydrogens is 760 g/mol. The predicted molar refractivity (Wildman–Crippen MR) is 199 cm³/mol. The minimum atomic E-state index is -4.64. The Balaban J connectivity index is 1.21. The Kier molecular flexibility index (Phi) is 10.2. The zero-order chi connectivity index (χ0) is 39.5. The van der Waals surface area contributed by atoms with Gasteiger partial charge < -0.3 is 19.7 Å². The van der Waals surface area contributed by atoms with Gasteiger partial charge in [0.2, 0.25) is 21.8 Å². The number of nitrogens with one attached hydrogen (secondary N) is 2. The number of amides is 3. The second-order valence-corrected chi connectivity index (χ2v) is 18.5. The number of alkyl halides is 3. The van der Waals surface area contributed by atoms with Crippen LogP contribution in [0.1, 0.15) is 76.0 Å². The molecule has 0 saturated heterocycles. The number of ether oxygens (including phenoxy) is 2. The quantitative estimate of drug-likeness (QED) is 0.277. The van der Waals surface area contributed by atoms with E-state index >= 15 is 0 Å². The normalized spacial score (nSPS) is 27.6. The molecule has 2 N–H and O–H groups in total. The number of fused-ring (bicyclic) bond motifs is 3. The number of sulfonamides is 1. The van der Waals surface area contributed by atoms with Crippen molar-refractivity contribution in [2.24, 2.45) is 17.8 Å². The first-order valence-corrected chi connectivity index (χ1v) is 20.8. The van der Waals surface area contributed by atoms with Gasteiger partial charge in [-0.1, -0.05) is 12.2 Å². The van der Waals surface area contributed by atoms with Gasteiger partial charge >= 0.3 is 6.18 Å². The molecule has 3 fully saturated rings. The Hall–Kier alpha value is -4.25. The van der Waals surface area contributed by atoms with E-state index in [1.165, 1.54) is 13.2 Å². The Morgan fingerprint density at radius 3 is 2.56 bits per heavy atom. The third kappa shape index (κ3) is 7.53. The summed E-state index contributed by atoms with van der Waals surface area (Å²) in [5.41, 5.74) is -1.30. The molecule has 7 rings (SSSR count). The SMILES string of the molecule is COc1ccc2c(O[C@H]3CC[C@H]4C(=O)N(C)CCCC/C=C\C5C[C@@]5(C(=O)NS(=O)(=O)C5(C)CC5)NC(=O)[C@@H]4C3)cc(-c3nc(C(F)(F)F)cs3)nc2c1C. The van der Waals surface area contributed by atoms with Gasteiger partial charge in [0, 0.05) is 47.8 Å². The number of hydrogen-bond donors (Lipinski definition) is 2. The molecule has 1 aromatic carbocycles. The minimum Gasteiger partial charge on any atom is -0.496 e. The van der Waals surface area contributed by atoms with Crippen molar-refractivity contribution in [3.63, 3.8) is 0 Å². The van der Waals surface area contributed by atoms with Crippen LogP contribution >= 0.6 is 11.3 Å². The first kappa shape index (κ1) is 39.0. The number of carbonyl (C=O) groups is 3. The highest BCUT2D eigenvalue weighted by Crippen LogP contribution is 2.48. The number of nitrogens with zero attached hydrogens (tertiary/aromatic N) is 3. The molecule has 0 bridgehead atoms. The van der Waals surface area contributed by atoms with E-state index in [0.717, 1.165) is 29.6 Å². The second kappa shape index (κ2) is 14.4. The predicted octanol–water partition coefficient (Wildman–Crippen LogP) is 5.93. The maximum atomic E-state index is 14.4. The zero-order valence-corrected chi connectivity index (χ0v) is 32.6. The van der Waals surface area contributed by atoms with Crippen LogP contribution in [0.4, 0.5) is 13.2 Å². The van der Waals surface area contributed by atoms with Crippen LogP contribution in [-0.4, -0.2) is 78.1 Å². The molecule has 0 spiro atoms. The number of allylic oxidation sites excluding steroid dienone is 1. The van der Waals surface area contributed by atoms with E-state index in [1.807, 2.05) is 12.2 Å². The number of aromatic nitrogens is 2. The van der Waals surface area contributed by atoms with Gasteiger partial charge in [0.25, 0.3) is 5.91 Å². The lowest BCUT2D eigenvalue weighted by atomic mass is 9.76. The first-order chi connectivity index (χ1) is 26.0. The van der Waals surface area contributed by atoms with E-state index in [9.17, 15) is 36.0 Å². The molecule has 2 aromatic heterocycles. The van der Waals surface area contributed by atoms with E-state index in [4.69, 9.17) is 9.47 Å². The molecule has 3 saturated carbocycles. The van der Waals surface area contributed by atoms with Gasteiger partial charge in [-0.05, 0) is 83.8 Å². The Labute approximate surface area is 321 Å². The monoisotopic (exact) mass is 803 g/mol. The van der Waals surface area contributed by atoms with E-state index in [2.05, 4.69) is 20.0 Å². The van der Waals surface area contributed by atoms with Crippen molar-refractivity contribution in [1.29, 1.82) is 0 Å². The van der Waals surface area contributed by atoms with Crippen LogP contribution < -0.4 is 19.5 Å². The van der Waals surface area contributed by atoms with Gasteiger partial charge in [0.15, 0.2) is 5.69 Å². The van der Waals surface area contributed by atoms with Gasteiger partial charge in [-0.15, -0.1) is 11.3 Å². The summed E-state index contributed by atoms with van der Waals surface area (Å²) in [5.74, 6) is -2.83. The first-order valence-electron chi connectivity index (χ1n) is 18.4. The van der Waals surface area contributed by atoms with Crippen molar-refractivity contribution in [2.45, 2.75) is 94.2 Å². The van der Waals surface area contributed by atoms with Gasteiger partial charge in [-0.3, -0.25) is 19.1 Å². The van der Waals surface area contributed by atoms with E-state index in [1.54, 1.807) is 37.9 Å². The lowest BCUT2D eigenvalue weighted by molar-refractivity contribution is -0.145. The Morgan fingerprint density at radius 1 is 1.11 bits per heavy atom. The fourth-order valence-electron chi connectivity index (χ4n) is 7.67. The Bertz CT molecular complexity index is 2170. The van der Waals surface area contributed by atoms with Crippen molar-refractivity contribution in [2.75, 3.05) is 20.7 Å². The number of carbonyl (C=O) groups excluding carboxylic acids is 3. The summed E-state index contributed by atoms with van der Waals surface area (Å²) < 4.78 is 80.1. The topological polar surface area (TPSA) is 157 Å². The Morgan fingerprint density at radius 2 is 1.87 bits per heavy atom. The number of benzene rings is 1. The van der Waals surface area contributed by atoms with Crippen molar-refractivity contribution in [3.8, 4) is 22.2 Å². The fraction of sp³-hybridized carbons (Fsp3) is 0.553. The molecule has 12 nitrogen and oxygen atoms in total. The highest BCUT2D eigenvalue weighted by atomic mass is 32.2. The molecule has 3 aromatic rings. The smallest absolute Gasteiger partial charge is 0.434 e. The number of pyridine rings is 1. The average Bonchev–Trinajstić information content (AvgIpc) is 3.99. The summed E-state index contributed by atoms with van der Waals surface area (Å²) in [5, 5.41) is 4.45. The number of hydrogen-bond acceptors (Lipinski definition) is 10. The highest BCUT2D eigenvalue weighted by Gasteiger charge is 2.63. The largest absolute Gasteiger partial charge is 0.496 e. The van der Waals surface area contributed by atoms with Crippen LogP contribution in [0.25, 0.3) is 21.6 Å². The van der Waals surface area contributed by atoms with Crippen LogP contribution in [0.15, 0.2) is 35.7 Å². The molecule has 3 amide bonds. The number of methoxy groups -OCH3 is 1. The molecule has 3 heterocycles. The van der Waals surface area contributed by atoms with Crippen LogP contribution in [0.3, 0.4) is 0 Å². The zero-order valence-electron chi connectivity index (χ0n) is 31.0. The van der Waals surface area contributed by atoms with Crippen molar-refractivity contribution in [3.05, 3.63) is 47.0 Å². The molecule has 296 valence electrons. The van der Waals surface area contributed by atoms with Gasteiger partial charge in [-0.2, -0.15) is 13.2 Å². The molecule has 5 atom stereocenters. The second-order valence-electron chi connectivity index (χ2n) is 15.4. The van der Waals surface area contributed by atoms with Crippen LogP contribution in [-0.2, 0) is 30.6 Å². The third-order valence-corrected chi connectivity index (χ3v) is 14.6. The highest BCUT2D eigenvalue weighted by molar-refractivity contribution is 7.91. The summed E-state index contributed by atoms with van der Waals surface area (Å²) in [6, 6.07) is 5.02. The maximum absolute atomic E-state index is 14.4. The lowest BCUT2D eigenvalue weighted by Gasteiger charge is -2.37. The van der Waals surface area contributed by atoms with E-state index < -0.39 is 67.9 Å². The van der Waals surface area contributed by atoms with Crippen LogP contribution in [0, 0.1) is 24.7 Å². The summed E-state index contributed by atoms with van der Waals surface area (Å²) in [6.45, 7) is 3.86. The van der Waals surface area contributed by atoms with Crippen molar-refractivity contribution in [1.82, 2.24) is 24.9 Å². The molecule has 0 radical (unpaired) electrons. The number of rotatable bonds is 7. The fourth-order valence-corrected chi connectivity index (χ4v) is 9.77. The lowest BCUT2D eigenvalue weighted by Crippen LogP contribution is -2.56. The molecule has 1 aliphatic heterocycles. The number of thiazole rings is 1. The summed E-state index contributed by atoms with van der Waals surface area (Å²) >= 11 is 0.802. The van der Waals surface area contributed by atoms with Gasteiger partial charge in [0.05, 0.1) is 29.4 Å². The molecule has 17 heteroatoms. The van der Waals surface area contributed by atoms with Gasteiger partial charge in [0.1, 0.15) is 27.7 Å². The average molecular weight is 804 g/mol. The summed E-state index contributed by atoms with van der Waals surface area (Å²) in [6.07, 6.45) is 2.58. The maximum Gasteiger partial charge on any atom is 0.434 e. The molecule has 1 unspecified atom stereocenters. The van der Waals surface area contributed by atoms with E-state index in [-0.39, 0.29) is 35.9 Å². The van der Waals surface area contributed by atoms with Crippen molar-refractivity contribution >= 4 is 50.0 Å². The standard InChI is InChI=1S/C38H44F3N5O7S2/c1-21-28(52-4)13-12-25-29(18-27(42-31(21)25)33-43-30(20-54-33)38(39,40)41)53-23-10-11-24-26(17-23)32(47)44-37(35(49)45-55(50,51)36(2)14-15-36)19-22(37)9-7-5-6-8-16-46(3)34(24)48/h7,9,12-13,18,20,22-24,26H,5-6,8,10-11,14-17,19H2,1-4H3,(H,44,47)(H,45,49)/b9-7-/t22?,23-,24+,26+,37+/m0/s1.